The molecule has 0 bridgehead atoms. The fourth-order valence-corrected chi connectivity index (χ4v) is 1.34. The Bertz CT molecular complexity index is 369. The van der Waals surface area contributed by atoms with E-state index in [1.807, 2.05) is 0 Å². The number of imidazole rings is 1. The van der Waals surface area contributed by atoms with Crippen molar-refractivity contribution in [2.24, 2.45) is 0 Å². The van der Waals surface area contributed by atoms with E-state index in [0.29, 0.717) is 18.7 Å². The van der Waals surface area contributed by atoms with Gasteiger partial charge in [-0.3, -0.25) is 4.57 Å². The molecule has 0 saturated carbocycles. The molecule has 0 fully saturated rings. The third-order valence-corrected chi connectivity index (χ3v) is 1.93. The number of carbonyl (C=O) groups is 2. The topological polar surface area (TPSA) is 84.2 Å². The summed E-state index contributed by atoms with van der Waals surface area (Å²) in [5, 5.41) is 11.3. The quantitative estimate of drug-likeness (QED) is 0.622. The Kier molecular flexibility index (Phi) is 1.54. The Labute approximate surface area is 73.2 Å². The average molecular weight is 181 g/mol. The first-order valence-electron chi connectivity index (χ1n) is 3.78. The molecular weight excluding hydrogens is 174 g/mol. The molecule has 1 aromatic heterocycles. The maximum Gasteiger partial charge on any atom is 0.356 e. The molecule has 0 saturated heterocycles. The van der Waals surface area contributed by atoms with Gasteiger partial charge in [0.05, 0.1) is 5.69 Å². The second-order valence-electron chi connectivity index (χ2n) is 2.70. The molecule has 1 amide bonds. The summed E-state index contributed by atoms with van der Waals surface area (Å²) in [5.41, 5.74) is 0.436. The lowest BCUT2D eigenvalue weighted by Gasteiger charge is -2.14. The van der Waals surface area contributed by atoms with Crippen molar-refractivity contribution < 1.29 is 14.7 Å². The molecule has 6 heteroatoms. The Balaban J connectivity index is 2.53. The molecule has 0 atom stereocenters. The highest BCUT2D eigenvalue weighted by atomic mass is 16.4. The second-order valence-corrected chi connectivity index (χ2v) is 2.70. The first kappa shape index (κ1) is 7.78. The normalized spacial score (nSPS) is 14.9. The van der Waals surface area contributed by atoms with Crippen molar-refractivity contribution in [2.75, 3.05) is 6.54 Å². The summed E-state index contributed by atoms with van der Waals surface area (Å²) in [6.07, 6.45) is 1.74. The number of carboxylic acids is 1. The summed E-state index contributed by atoms with van der Waals surface area (Å²) in [6, 6.07) is -0.318. The number of carbonyl (C=O) groups excluding carboxylic acids is 1. The van der Waals surface area contributed by atoms with E-state index >= 15 is 0 Å². The highest BCUT2D eigenvalue weighted by molar-refractivity contribution is 5.89. The van der Waals surface area contributed by atoms with Gasteiger partial charge < -0.3 is 10.4 Å². The molecule has 0 unspecified atom stereocenters. The van der Waals surface area contributed by atoms with E-state index in [1.54, 1.807) is 0 Å². The number of nitrogens with one attached hydrogen (secondary N) is 1. The van der Waals surface area contributed by atoms with Crippen LogP contribution in [0.25, 0.3) is 0 Å². The Morgan fingerprint density at radius 2 is 2.46 bits per heavy atom. The van der Waals surface area contributed by atoms with Gasteiger partial charge in [-0.2, -0.15) is 0 Å². The zero-order valence-corrected chi connectivity index (χ0v) is 6.65. The molecule has 68 valence electrons. The van der Waals surface area contributed by atoms with Crippen LogP contribution in [0.2, 0.25) is 0 Å². The van der Waals surface area contributed by atoms with Gasteiger partial charge >= 0.3 is 12.0 Å². The van der Waals surface area contributed by atoms with Crippen LogP contribution in [0.15, 0.2) is 6.33 Å². The molecular formula is C7H7N3O3. The number of amides is 1. The molecule has 2 N–H and O–H groups in total. The van der Waals surface area contributed by atoms with Crippen LogP contribution in [0.5, 0.6) is 0 Å². The molecule has 0 aliphatic carbocycles. The molecule has 1 aliphatic rings. The van der Waals surface area contributed by atoms with Crippen LogP contribution in [-0.2, 0) is 6.42 Å². The van der Waals surface area contributed by atoms with Crippen molar-refractivity contribution in [1.82, 2.24) is 14.9 Å². The van der Waals surface area contributed by atoms with Gasteiger partial charge in [-0.05, 0) is 0 Å². The highest BCUT2D eigenvalue weighted by Gasteiger charge is 2.23. The third kappa shape index (κ3) is 1.07. The summed E-state index contributed by atoms with van der Waals surface area (Å²) >= 11 is 0. The summed E-state index contributed by atoms with van der Waals surface area (Å²) in [7, 11) is 0. The predicted octanol–water partition coefficient (Wildman–Crippen LogP) is -0.305. The molecule has 0 spiro atoms. The minimum Gasteiger partial charge on any atom is -0.476 e. The number of hydrogen-bond acceptors (Lipinski definition) is 3. The molecule has 6 nitrogen and oxygen atoms in total. The van der Waals surface area contributed by atoms with E-state index in [2.05, 4.69) is 10.3 Å². The Morgan fingerprint density at radius 1 is 1.69 bits per heavy atom. The molecule has 0 aromatic carbocycles. The summed E-state index contributed by atoms with van der Waals surface area (Å²) in [6.45, 7) is 0.463. The van der Waals surface area contributed by atoms with Crippen LogP contribution >= 0.6 is 0 Å². The first-order valence-corrected chi connectivity index (χ1v) is 3.78. The molecule has 0 radical (unpaired) electrons. The second kappa shape index (κ2) is 2.58. The number of carboxylic acid groups (broad SMARTS) is 1. The van der Waals surface area contributed by atoms with Gasteiger partial charge in [-0.1, -0.05) is 0 Å². The SMILES string of the molecule is O=C(O)c1ncn2c1CCNC2=O. The van der Waals surface area contributed by atoms with Gasteiger partial charge in [-0.15, -0.1) is 0 Å². The van der Waals surface area contributed by atoms with Crippen LogP contribution in [0.3, 0.4) is 0 Å². The Hall–Kier alpha value is -1.85. The van der Waals surface area contributed by atoms with Gasteiger partial charge in [0.1, 0.15) is 6.33 Å². The van der Waals surface area contributed by atoms with Crippen molar-refractivity contribution in [3.05, 3.63) is 17.7 Å². The number of aromatic carboxylic acids is 1. The lowest BCUT2D eigenvalue weighted by molar-refractivity contribution is 0.0689. The van der Waals surface area contributed by atoms with Gasteiger partial charge in [0.2, 0.25) is 0 Å². The highest BCUT2D eigenvalue weighted by Crippen LogP contribution is 2.10. The van der Waals surface area contributed by atoms with Gasteiger partial charge in [0.25, 0.3) is 0 Å². The maximum atomic E-state index is 11.1. The van der Waals surface area contributed by atoms with E-state index in [-0.39, 0.29) is 11.7 Å². The minimum absolute atomic E-state index is 0.0325. The van der Waals surface area contributed by atoms with Crippen molar-refractivity contribution in [1.29, 1.82) is 0 Å². The third-order valence-electron chi connectivity index (χ3n) is 1.93. The number of aromatic nitrogens is 2. The monoisotopic (exact) mass is 181 g/mol. The lowest BCUT2D eigenvalue weighted by Crippen LogP contribution is -2.36. The fourth-order valence-electron chi connectivity index (χ4n) is 1.34. The van der Waals surface area contributed by atoms with Gasteiger partial charge in [0.15, 0.2) is 5.69 Å². The van der Waals surface area contributed by atoms with Crippen molar-refractivity contribution >= 4 is 12.0 Å². The Morgan fingerprint density at radius 3 is 3.15 bits per heavy atom. The van der Waals surface area contributed by atoms with Crippen molar-refractivity contribution in [2.45, 2.75) is 6.42 Å². The largest absolute Gasteiger partial charge is 0.476 e. The number of rotatable bonds is 1. The number of hydrogen-bond donors (Lipinski definition) is 2. The smallest absolute Gasteiger partial charge is 0.356 e. The standard InChI is InChI=1S/C7H7N3O3/c11-6(12)5-4-1-2-8-7(13)10(4)3-9-5/h3H,1-2H2,(H,8,13)(H,11,12). The summed E-state index contributed by atoms with van der Waals surface area (Å²) in [4.78, 5) is 25.4. The van der Waals surface area contributed by atoms with Crippen LogP contribution in [0.4, 0.5) is 4.79 Å². The van der Waals surface area contributed by atoms with Crippen molar-refractivity contribution in [3.63, 3.8) is 0 Å². The van der Waals surface area contributed by atoms with Crippen LogP contribution in [0.1, 0.15) is 16.2 Å². The van der Waals surface area contributed by atoms with E-state index < -0.39 is 5.97 Å². The molecule has 13 heavy (non-hydrogen) atoms. The molecule has 1 aromatic rings. The van der Waals surface area contributed by atoms with E-state index in [4.69, 9.17) is 5.11 Å². The number of nitrogens with zero attached hydrogens (tertiary/aromatic N) is 2. The van der Waals surface area contributed by atoms with Gasteiger partial charge in [-0.25, -0.2) is 14.6 Å². The van der Waals surface area contributed by atoms with E-state index in [1.165, 1.54) is 10.9 Å². The molecule has 2 heterocycles. The van der Waals surface area contributed by atoms with Crippen LogP contribution in [0, 0.1) is 0 Å². The molecule has 2 rings (SSSR count). The van der Waals surface area contributed by atoms with E-state index in [9.17, 15) is 9.59 Å². The van der Waals surface area contributed by atoms with Crippen LogP contribution < -0.4 is 5.32 Å². The van der Waals surface area contributed by atoms with Gasteiger partial charge in [0, 0.05) is 13.0 Å². The fraction of sp³-hybridized carbons (Fsp3) is 0.286. The summed E-state index contributed by atoms with van der Waals surface area (Å²) in [5.74, 6) is -1.09. The summed E-state index contributed by atoms with van der Waals surface area (Å²) < 4.78 is 1.23. The molecule has 1 aliphatic heterocycles. The predicted molar refractivity (Wildman–Crippen MR) is 41.7 cm³/mol. The average Bonchev–Trinajstić information content (AvgIpc) is 2.48. The van der Waals surface area contributed by atoms with Crippen LogP contribution in [-0.4, -0.2) is 33.2 Å². The number of fused-ring (bicyclic) bond motifs is 1. The van der Waals surface area contributed by atoms with E-state index in [0.717, 1.165) is 0 Å². The van der Waals surface area contributed by atoms with Crippen molar-refractivity contribution in [3.8, 4) is 0 Å². The zero-order chi connectivity index (χ0) is 9.42. The lowest BCUT2D eigenvalue weighted by atomic mass is 10.2. The minimum atomic E-state index is -1.09. The maximum absolute atomic E-state index is 11.1. The zero-order valence-electron chi connectivity index (χ0n) is 6.65. The first-order chi connectivity index (χ1) is 6.20.